The Bertz CT molecular complexity index is 366. The van der Waals surface area contributed by atoms with Crippen molar-refractivity contribution >= 4 is 12.6 Å². The highest BCUT2D eigenvalue weighted by Crippen LogP contribution is 2.31. The number of ether oxygens (including phenoxy) is 2. The lowest BCUT2D eigenvalue weighted by atomic mass is 9.80. The van der Waals surface area contributed by atoms with E-state index in [4.69, 9.17) is 19.5 Å². The van der Waals surface area contributed by atoms with E-state index in [0.29, 0.717) is 24.4 Å². The predicted octanol–water partition coefficient (Wildman–Crippen LogP) is 0.562. The van der Waals surface area contributed by atoms with Crippen molar-refractivity contribution < 1.29 is 19.5 Å². The summed E-state index contributed by atoms with van der Waals surface area (Å²) < 4.78 is 10.9. The van der Waals surface area contributed by atoms with Gasteiger partial charge in [-0.3, -0.25) is 0 Å². The molecular weight excluding hydrogens is 231 g/mol. The Labute approximate surface area is 108 Å². The summed E-state index contributed by atoms with van der Waals surface area (Å²) in [6.07, 6.45) is 3.87. The summed E-state index contributed by atoms with van der Waals surface area (Å²) in [4.78, 5) is 0. The highest BCUT2D eigenvalue weighted by atomic mass is 16.5. The first-order valence-electron chi connectivity index (χ1n) is 6.42. The molecule has 18 heavy (non-hydrogen) atoms. The van der Waals surface area contributed by atoms with Crippen LogP contribution < -0.4 is 10.2 Å². The summed E-state index contributed by atoms with van der Waals surface area (Å²) in [6, 6.07) is 6.78. The third kappa shape index (κ3) is 4.68. The minimum absolute atomic E-state index is 0.433. The zero-order valence-electron chi connectivity index (χ0n) is 10.4. The molecule has 5 heteroatoms. The van der Waals surface area contributed by atoms with Gasteiger partial charge in [-0.1, -0.05) is 25.0 Å². The average molecular weight is 250 g/mol. The fraction of sp³-hybridized carbons (Fsp3) is 0.538. The molecule has 0 aliphatic heterocycles. The van der Waals surface area contributed by atoms with Crippen molar-refractivity contribution in [3.8, 4) is 5.75 Å². The van der Waals surface area contributed by atoms with Crippen LogP contribution in [0.3, 0.4) is 0 Å². The van der Waals surface area contributed by atoms with Gasteiger partial charge in [0, 0.05) is 6.61 Å². The SMILES string of the molecule is OB(O)c1cccc(OCCOCCC2CC2)c1. The van der Waals surface area contributed by atoms with E-state index in [1.165, 1.54) is 12.8 Å². The Balaban J connectivity index is 1.61. The third-order valence-electron chi connectivity index (χ3n) is 3.02. The Morgan fingerprint density at radius 2 is 2.00 bits per heavy atom. The summed E-state index contributed by atoms with van der Waals surface area (Å²) in [5.41, 5.74) is 0.433. The van der Waals surface area contributed by atoms with Crippen LogP contribution in [-0.2, 0) is 4.74 Å². The monoisotopic (exact) mass is 250 g/mol. The van der Waals surface area contributed by atoms with Gasteiger partial charge < -0.3 is 19.5 Å². The molecule has 1 fully saturated rings. The average Bonchev–Trinajstić information content (AvgIpc) is 3.18. The van der Waals surface area contributed by atoms with E-state index in [2.05, 4.69) is 0 Å². The lowest BCUT2D eigenvalue weighted by Gasteiger charge is -2.08. The van der Waals surface area contributed by atoms with E-state index in [0.717, 1.165) is 18.9 Å². The Hall–Kier alpha value is -1.04. The fourth-order valence-electron chi connectivity index (χ4n) is 1.74. The van der Waals surface area contributed by atoms with Crippen molar-refractivity contribution in [3.05, 3.63) is 24.3 Å². The van der Waals surface area contributed by atoms with Crippen LogP contribution in [0, 0.1) is 5.92 Å². The second kappa shape index (κ2) is 6.78. The van der Waals surface area contributed by atoms with Crippen molar-refractivity contribution in [2.45, 2.75) is 19.3 Å². The van der Waals surface area contributed by atoms with Crippen LogP contribution in [0.1, 0.15) is 19.3 Å². The molecule has 0 heterocycles. The molecule has 1 aromatic carbocycles. The number of rotatable bonds is 8. The van der Waals surface area contributed by atoms with Gasteiger partial charge in [-0.2, -0.15) is 0 Å². The molecular formula is C13H19BO4. The second-order valence-corrected chi connectivity index (χ2v) is 4.64. The molecule has 0 spiro atoms. The molecule has 1 aliphatic rings. The normalized spacial score (nSPS) is 14.6. The molecule has 1 saturated carbocycles. The topological polar surface area (TPSA) is 58.9 Å². The van der Waals surface area contributed by atoms with Crippen molar-refractivity contribution in [2.75, 3.05) is 19.8 Å². The molecule has 4 nitrogen and oxygen atoms in total. The van der Waals surface area contributed by atoms with Crippen molar-refractivity contribution in [1.82, 2.24) is 0 Å². The van der Waals surface area contributed by atoms with E-state index in [9.17, 15) is 0 Å². The molecule has 1 aliphatic carbocycles. The van der Waals surface area contributed by atoms with Gasteiger partial charge in [0.1, 0.15) is 12.4 Å². The summed E-state index contributed by atoms with van der Waals surface area (Å²) in [6.45, 7) is 1.86. The lowest BCUT2D eigenvalue weighted by Crippen LogP contribution is -2.29. The Morgan fingerprint density at radius 3 is 2.72 bits per heavy atom. The quantitative estimate of drug-likeness (QED) is 0.523. The van der Waals surface area contributed by atoms with Crippen LogP contribution >= 0.6 is 0 Å². The lowest BCUT2D eigenvalue weighted by molar-refractivity contribution is 0.0958. The highest BCUT2D eigenvalue weighted by Gasteiger charge is 2.20. The molecule has 0 amide bonds. The minimum Gasteiger partial charge on any atom is -0.491 e. The zero-order chi connectivity index (χ0) is 12.8. The first kappa shape index (κ1) is 13.4. The van der Waals surface area contributed by atoms with Crippen LogP contribution in [0.2, 0.25) is 0 Å². The van der Waals surface area contributed by atoms with E-state index in [1.807, 2.05) is 0 Å². The maximum atomic E-state index is 9.02. The second-order valence-electron chi connectivity index (χ2n) is 4.64. The van der Waals surface area contributed by atoms with Gasteiger partial charge in [-0.15, -0.1) is 0 Å². The van der Waals surface area contributed by atoms with Gasteiger partial charge >= 0.3 is 7.12 Å². The molecule has 0 bridgehead atoms. The van der Waals surface area contributed by atoms with Gasteiger partial charge in [0.05, 0.1) is 6.61 Å². The molecule has 0 unspecified atom stereocenters. The summed E-state index contributed by atoms with van der Waals surface area (Å²) >= 11 is 0. The standard InChI is InChI=1S/C13H19BO4/c15-14(16)12-2-1-3-13(10-12)18-9-8-17-7-6-11-4-5-11/h1-3,10-11,15-16H,4-9H2. The molecule has 1 aromatic rings. The smallest absolute Gasteiger partial charge is 0.488 e. The third-order valence-corrected chi connectivity index (χ3v) is 3.02. The van der Waals surface area contributed by atoms with Crippen molar-refractivity contribution in [1.29, 1.82) is 0 Å². The molecule has 0 saturated heterocycles. The first-order valence-corrected chi connectivity index (χ1v) is 6.42. The maximum Gasteiger partial charge on any atom is 0.488 e. The number of hydrogen-bond donors (Lipinski definition) is 2. The molecule has 0 aromatic heterocycles. The zero-order valence-corrected chi connectivity index (χ0v) is 10.4. The van der Waals surface area contributed by atoms with Gasteiger partial charge in [-0.05, 0) is 29.9 Å². The van der Waals surface area contributed by atoms with E-state index in [-0.39, 0.29) is 0 Å². The van der Waals surface area contributed by atoms with Gasteiger partial charge in [0.25, 0.3) is 0 Å². The molecule has 2 rings (SSSR count). The first-order chi connectivity index (χ1) is 8.75. The molecule has 2 N–H and O–H groups in total. The fourth-order valence-corrected chi connectivity index (χ4v) is 1.74. The van der Waals surface area contributed by atoms with Crippen molar-refractivity contribution in [3.63, 3.8) is 0 Å². The van der Waals surface area contributed by atoms with Crippen LogP contribution in [0.25, 0.3) is 0 Å². The predicted molar refractivity (Wildman–Crippen MR) is 69.9 cm³/mol. The van der Waals surface area contributed by atoms with Crippen molar-refractivity contribution in [2.24, 2.45) is 5.92 Å². The molecule has 98 valence electrons. The van der Waals surface area contributed by atoms with Crippen LogP contribution in [-0.4, -0.2) is 37.0 Å². The molecule has 0 atom stereocenters. The van der Waals surface area contributed by atoms with Gasteiger partial charge in [0.2, 0.25) is 0 Å². The largest absolute Gasteiger partial charge is 0.491 e. The number of benzene rings is 1. The summed E-state index contributed by atoms with van der Waals surface area (Å²) in [5.74, 6) is 1.53. The minimum atomic E-state index is -1.46. The Morgan fingerprint density at radius 1 is 1.17 bits per heavy atom. The van der Waals surface area contributed by atoms with E-state index < -0.39 is 7.12 Å². The van der Waals surface area contributed by atoms with Gasteiger partial charge in [-0.25, -0.2) is 0 Å². The van der Waals surface area contributed by atoms with Crippen LogP contribution in [0.15, 0.2) is 24.3 Å². The van der Waals surface area contributed by atoms with E-state index in [1.54, 1.807) is 24.3 Å². The number of hydrogen-bond acceptors (Lipinski definition) is 4. The summed E-state index contributed by atoms with van der Waals surface area (Å²) in [7, 11) is -1.46. The van der Waals surface area contributed by atoms with E-state index >= 15 is 0 Å². The highest BCUT2D eigenvalue weighted by molar-refractivity contribution is 6.58. The van der Waals surface area contributed by atoms with Crippen LogP contribution in [0.4, 0.5) is 0 Å². The Kier molecular flexibility index (Phi) is 5.05. The van der Waals surface area contributed by atoms with Gasteiger partial charge in [0.15, 0.2) is 0 Å². The maximum absolute atomic E-state index is 9.02. The summed E-state index contributed by atoms with van der Waals surface area (Å²) in [5, 5.41) is 18.0. The van der Waals surface area contributed by atoms with Crippen LogP contribution in [0.5, 0.6) is 5.75 Å². The molecule has 0 radical (unpaired) electrons.